The van der Waals surface area contributed by atoms with Gasteiger partial charge in [-0.05, 0) is 43.9 Å². The monoisotopic (exact) mass is 305 g/mol. The van der Waals surface area contributed by atoms with Crippen molar-refractivity contribution in [2.24, 2.45) is 17.4 Å². The van der Waals surface area contributed by atoms with Gasteiger partial charge in [-0.25, -0.2) is 0 Å². The molecule has 2 amide bonds. The van der Waals surface area contributed by atoms with Crippen LogP contribution < -0.4 is 21.5 Å². The van der Waals surface area contributed by atoms with E-state index in [4.69, 9.17) is 16.2 Å². The molecular weight excluding hydrogens is 282 g/mol. The third-order valence-electron chi connectivity index (χ3n) is 4.04. The summed E-state index contributed by atoms with van der Waals surface area (Å²) in [5, 5.41) is 3.00. The molecule has 1 aromatic rings. The molecule has 6 nitrogen and oxygen atoms in total. The van der Waals surface area contributed by atoms with Crippen LogP contribution >= 0.6 is 0 Å². The second-order valence-corrected chi connectivity index (χ2v) is 5.93. The molecule has 0 saturated heterocycles. The molecule has 1 aliphatic rings. The van der Waals surface area contributed by atoms with Gasteiger partial charge in [-0.1, -0.05) is 6.07 Å². The Bertz CT molecular complexity index is 557. The molecule has 1 aliphatic carbocycles. The second-order valence-electron chi connectivity index (χ2n) is 5.93. The van der Waals surface area contributed by atoms with Crippen molar-refractivity contribution < 1.29 is 14.3 Å². The van der Waals surface area contributed by atoms with E-state index < -0.39 is 5.91 Å². The van der Waals surface area contributed by atoms with Crippen LogP contribution in [0.4, 0.5) is 0 Å². The van der Waals surface area contributed by atoms with Gasteiger partial charge >= 0.3 is 0 Å². The molecule has 120 valence electrons. The zero-order valence-electron chi connectivity index (χ0n) is 12.8. The van der Waals surface area contributed by atoms with E-state index >= 15 is 0 Å². The van der Waals surface area contributed by atoms with Gasteiger partial charge in [-0.15, -0.1) is 0 Å². The van der Waals surface area contributed by atoms with Crippen LogP contribution in [0.25, 0.3) is 0 Å². The standard InChI is InChI=1S/C16H23N3O3/c1-16(10-17,12-5-6-12)19-14(20)7-8-22-13-4-2-3-11(9-13)15(18)21/h2-4,9,12H,5-8,10,17H2,1H3,(H2,18,21)(H,19,20). The molecule has 0 aromatic heterocycles. The summed E-state index contributed by atoms with van der Waals surface area (Å²) >= 11 is 0. The quantitative estimate of drug-likeness (QED) is 0.660. The topological polar surface area (TPSA) is 107 Å². The summed E-state index contributed by atoms with van der Waals surface area (Å²) in [4.78, 5) is 23.1. The Hall–Kier alpha value is -2.08. The van der Waals surface area contributed by atoms with Gasteiger partial charge in [0.25, 0.3) is 0 Å². The van der Waals surface area contributed by atoms with Gasteiger partial charge < -0.3 is 21.5 Å². The first-order chi connectivity index (χ1) is 10.4. The highest BCUT2D eigenvalue weighted by atomic mass is 16.5. The summed E-state index contributed by atoms with van der Waals surface area (Å²) in [6.45, 7) is 2.66. The number of rotatable bonds is 8. The molecule has 1 unspecified atom stereocenters. The Morgan fingerprint density at radius 2 is 2.14 bits per heavy atom. The van der Waals surface area contributed by atoms with Crippen molar-refractivity contribution >= 4 is 11.8 Å². The van der Waals surface area contributed by atoms with Gasteiger partial charge in [0.2, 0.25) is 11.8 Å². The lowest BCUT2D eigenvalue weighted by Crippen LogP contribution is -2.53. The fraction of sp³-hybridized carbons (Fsp3) is 0.500. The van der Waals surface area contributed by atoms with E-state index in [9.17, 15) is 9.59 Å². The predicted molar refractivity (Wildman–Crippen MR) is 83.4 cm³/mol. The van der Waals surface area contributed by atoms with Gasteiger partial charge in [0.1, 0.15) is 5.75 Å². The Morgan fingerprint density at radius 3 is 2.73 bits per heavy atom. The molecule has 5 N–H and O–H groups in total. The van der Waals surface area contributed by atoms with Gasteiger partial charge in [0.05, 0.1) is 18.6 Å². The number of hydrogen-bond donors (Lipinski definition) is 3. The zero-order chi connectivity index (χ0) is 16.2. The molecule has 2 rings (SSSR count). The van der Waals surface area contributed by atoms with Crippen molar-refractivity contribution in [3.63, 3.8) is 0 Å². The fourth-order valence-corrected chi connectivity index (χ4v) is 2.42. The molecule has 6 heteroatoms. The van der Waals surface area contributed by atoms with E-state index in [1.165, 1.54) is 0 Å². The molecule has 0 radical (unpaired) electrons. The summed E-state index contributed by atoms with van der Waals surface area (Å²) < 4.78 is 5.49. The smallest absolute Gasteiger partial charge is 0.248 e. The number of primary amides is 1. The molecule has 1 fully saturated rings. The highest BCUT2D eigenvalue weighted by Gasteiger charge is 2.41. The van der Waals surface area contributed by atoms with E-state index in [1.807, 2.05) is 6.92 Å². The summed E-state index contributed by atoms with van der Waals surface area (Å²) in [6.07, 6.45) is 2.47. The Morgan fingerprint density at radius 1 is 1.41 bits per heavy atom. The van der Waals surface area contributed by atoms with E-state index in [2.05, 4.69) is 5.32 Å². The third-order valence-corrected chi connectivity index (χ3v) is 4.04. The largest absolute Gasteiger partial charge is 0.493 e. The normalized spacial score (nSPS) is 16.6. The summed E-state index contributed by atoms with van der Waals surface area (Å²) in [7, 11) is 0. The van der Waals surface area contributed by atoms with Gasteiger partial charge in [-0.3, -0.25) is 9.59 Å². The SMILES string of the molecule is CC(CN)(NC(=O)CCOc1cccc(C(N)=O)c1)C1CC1. The molecule has 0 aliphatic heterocycles. The lowest BCUT2D eigenvalue weighted by Gasteiger charge is -2.29. The zero-order valence-corrected chi connectivity index (χ0v) is 12.8. The molecule has 0 bridgehead atoms. The van der Waals surface area contributed by atoms with Crippen LogP contribution in [0.2, 0.25) is 0 Å². The Balaban J connectivity index is 1.79. The van der Waals surface area contributed by atoms with Gasteiger partial charge in [0, 0.05) is 12.1 Å². The van der Waals surface area contributed by atoms with Crippen molar-refractivity contribution in [3.05, 3.63) is 29.8 Å². The van der Waals surface area contributed by atoms with Crippen LogP contribution in [0.5, 0.6) is 5.75 Å². The maximum Gasteiger partial charge on any atom is 0.248 e. The van der Waals surface area contributed by atoms with Gasteiger partial charge in [-0.2, -0.15) is 0 Å². The summed E-state index contributed by atoms with van der Waals surface area (Å²) in [5.41, 5.74) is 11.0. The Labute approximate surface area is 130 Å². The van der Waals surface area contributed by atoms with E-state index in [0.29, 0.717) is 23.8 Å². The van der Waals surface area contributed by atoms with E-state index in [1.54, 1.807) is 24.3 Å². The average molecular weight is 305 g/mol. The fourth-order valence-electron chi connectivity index (χ4n) is 2.42. The number of carbonyl (C=O) groups is 2. The lowest BCUT2D eigenvalue weighted by molar-refractivity contribution is -0.123. The summed E-state index contributed by atoms with van der Waals surface area (Å²) in [5.74, 6) is 0.416. The minimum atomic E-state index is -0.508. The van der Waals surface area contributed by atoms with E-state index in [-0.39, 0.29) is 24.5 Å². The minimum absolute atomic E-state index is 0.0779. The van der Waals surface area contributed by atoms with Crippen molar-refractivity contribution in [3.8, 4) is 5.75 Å². The predicted octanol–water partition coefficient (Wildman–Crippen LogP) is 0.798. The Kier molecular flexibility index (Phi) is 5.03. The maximum atomic E-state index is 12.0. The third kappa shape index (κ3) is 4.21. The van der Waals surface area contributed by atoms with Crippen LogP contribution in [0, 0.1) is 5.92 Å². The summed E-state index contributed by atoms with van der Waals surface area (Å²) in [6, 6.07) is 6.59. The number of benzene rings is 1. The first kappa shape index (κ1) is 16.3. The maximum absolute atomic E-state index is 12.0. The van der Waals surface area contributed by atoms with Crippen LogP contribution in [-0.2, 0) is 4.79 Å². The molecule has 1 saturated carbocycles. The number of nitrogens with two attached hydrogens (primary N) is 2. The van der Waals surface area contributed by atoms with Gasteiger partial charge in [0.15, 0.2) is 0 Å². The molecule has 1 aromatic carbocycles. The molecule has 1 atom stereocenters. The number of amides is 2. The number of hydrogen-bond acceptors (Lipinski definition) is 4. The van der Waals surface area contributed by atoms with Crippen LogP contribution in [0.15, 0.2) is 24.3 Å². The van der Waals surface area contributed by atoms with Crippen molar-refractivity contribution in [1.82, 2.24) is 5.32 Å². The molecule has 0 spiro atoms. The first-order valence-corrected chi connectivity index (χ1v) is 7.48. The molecule has 0 heterocycles. The highest BCUT2D eigenvalue weighted by molar-refractivity contribution is 5.93. The minimum Gasteiger partial charge on any atom is -0.493 e. The highest BCUT2D eigenvalue weighted by Crippen LogP contribution is 2.38. The second kappa shape index (κ2) is 6.79. The number of nitrogens with one attached hydrogen (secondary N) is 1. The lowest BCUT2D eigenvalue weighted by atomic mass is 9.96. The first-order valence-electron chi connectivity index (χ1n) is 7.48. The molecule has 22 heavy (non-hydrogen) atoms. The van der Waals surface area contributed by atoms with Crippen molar-refractivity contribution in [1.29, 1.82) is 0 Å². The van der Waals surface area contributed by atoms with Crippen molar-refractivity contribution in [2.75, 3.05) is 13.2 Å². The van der Waals surface area contributed by atoms with Crippen LogP contribution in [-0.4, -0.2) is 30.5 Å². The van der Waals surface area contributed by atoms with Crippen LogP contribution in [0.1, 0.15) is 36.5 Å². The van der Waals surface area contributed by atoms with Crippen LogP contribution in [0.3, 0.4) is 0 Å². The number of carbonyl (C=O) groups excluding carboxylic acids is 2. The average Bonchev–Trinajstić information content (AvgIpc) is 3.32. The number of ether oxygens (including phenoxy) is 1. The van der Waals surface area contributed by atoms with E-state index in [0.717, 1.165) is 12.8 Å². The van der Waals surface area contributed by atoms with Crippen molar-refractivity contribution in [2.45, 2.75) is 31.7 Å². The molecular formula is C16H23N3O3.